The van der Waals surface area contributed by atoms with E-state index >= 15 is 0 Å². The van der Waals surface area contributed by atoms with Crippen LogP contribution < -0.4 is 5.32 Å². The van der Waals surface area contributed by atoms with Crippen LogP contribution in [-0.2, 0) is 17.6 Å². The molecule has 1 fully saturated rings. The van der Waals surface area contributed by atoms with Gasteiger partial charge in [0.2, 0.25) is 6.29 Å². The van der Waals surface area contributed by atoms with Gasteiger partial charge in [0.25, 0.3) is 5.91 Å². The molecule has 2 heterocycles. The quantitative estimate of drug-likeness (QED) is 0.840. The number of alkyl halides is 3. The van der Waals surface area contributed by atoms with Gasteiger partial charge < -0.3 is 10.2 Å². The van der Waals surface area contributed by atoms with E-state index in [1.807, 2.05) is 12.1 Å². The summed E-state index contributed by atoms with van der Waals surface area (Å²) in [5, 5.41) is 3.39. The molecule has 24 heavy (non-hydrogen) atoms. The van der Waals surface area contributed by atoms with Gasteiger partial charge in [-0.3, -0.25) is 9.59 Å². The zero-order chi connectivity index (χ0) is 17.7. The van der Waals surface area contributed by atoms with Gasteiger partial charge in [-0.05, 0) is 30.0 Å². The van der Waals surface area contributed by atoms with Crippen molar-refractivity contribution in [2.24, 2.45) is 0 Å². The Hall–Kier alpha value is -1.89. The number of nitrogens with zero attached hydrogens (tertiary/aromatic N) is 1. The van der Waals surface area contributed by atoms with E-state index in [1.165, 1.54) is 11.1 Å². The van der Waals surface area contributed by atoms with Crippen molar-refractivity contribution in [3.8, 4) is 0 Å². The number of carbonyl (C=O) groups is 2. The molecule has 4 nitrogen and oxygen atoms in total. The van der Waals surface area contributed by atoms with E-state index in [1.54, 1.807) is 0 Å². The Morgan fingerprint density at radius 1 is 1.38 bits per heavy atom. The molecular formula is C17H21F3N2O2. The van der Waals surface area contributed by atoms with Crippen LogP contribution in [0, 0.1) is 0 Å². The number of piperazine rings is 1. The van der Waals surface area contributed by atoms with Crippen molar-refractivity contribution in [1.82, 2.24) is 10.2 Å². The normalized spacial score (nSPS) is 19.8. The lowest BCUT2D eigenvalue weighted by atomic mass is 9.87. The smallest absolute Gasteiger partial charge is 0.333 e. The van der Waals surface area contributed by atoms with Crippen LogP contribution in [0.1, 0.15) is 34.8 Å². The third kappa shape index (κ3) is 4.35. The van der Waals surface area contributed by atoms with Crippen molar-refractivity contribution in [3.05, 3.63) is 34.9 Å². The van der Waals surface area contributed by atoms with Crippen molar-refractivity contribution < 1.29 is 22.8 Å². The minimum atomic E-state index is -4.64. The summed E-state index contributed by atoms with van der Waals surface area (Å²) >= 11 is 0. The van der Waals surface area contributed by atoms with Gasteiger partial charge in [-0.2, -0.15) is 13.2 Å². The van der Waals surface area contributed by atoms with Gasteiger partial charge in [-0.25, -0.2) is 0 Å². The van der Waals surface area contributed by atoms with Gasteiger partial charge in [0.05, 0.1) is 0 Å². The van der Waals surface area contributed by atoms with E-state index in [0.717, 1.165) is 44.5 Å². The van der Waals surface area contributed by atoms with Crippen molar-refractivity contribution >= 4 is 12.2 Å². The van der Waals surface area contributed by atoms with E-state index in [-0.39, 0.29) is 5.91 Å². The standard InChI is InChI=1S/C15H20N2O.C2HF3O/c1-2-4-11-5-3-6-13-14(11)9-12-10-16-7-8-17(12)15(13)18;3-2(4,5)1-6/h3,5-6,12,16H,2,4,7-10H2,1H3;1H/t12-;/m1./s1. The van der Waals surface area contributed by atoms with Crippen LogP contribution in [0.3, 0.4) is 0 Å². The Kier molecular flexibility index (Phi) is 5.99. The van der Waals surface area contributed by atoms with Crippen molar-refractivity contribution in [1.29, 1.82) is 0 Å². The number of rotatable bonds is 2. The molecule has 0 saturated carbocycles. The zero-order valence-corrected chi connectivity index (χ0v) is 13.5. The lowest BCUT2D eigenvalue weighted by molar-refractivity contribution is -0.156. The summed E-state index contributed by atoms with van der Waals surface area (Å²) in [5.41, 5.74) is 3.61. The Morgan fingerprint density at radius 3 is 2.71 bits per heavy atom. The molecule has 1 atom stereocenters. The minimum Gasteiger partial charge on any atom is -0.333 e. The number of halogens is 3. The third-order valence-electron chi connectivity index (χ3n) is 4.21. The molecule has 2 aliphatic heterocycles. The van der Waals surface area contributed by atoms with E-state index in [9.17, 15) is 18.0 Å². The van der Waals surface area contributed by atoms with Crippen LogP contribution in [-0.4, -0.2) is 48.9 Å². The topological polar surface area (TPSA) is 49.4 Å². The molecule has 1 aromatic carbocycles. The SMILES string of the molecule is CCCc1cccc2c1C[C@@H]1CNCCN1C2=O.O=CC(F)(F)F. The Labute approximate surface area is 139 Å². The molecular weight excluding hydrogens is 321 g/mol. The Bertz CT molecular complexity index is 602. The number of hydrogen-bond donors (Lipinski definition) is 1. The summed E-state index contributed by atoms with van der Waals surface area (Å²) in [6.07, 6.45) is -2.47. The summed E-state index contributed by atoms with van der Waals surface area (Å²) in [6.45, 7) is 4.90. The molecule has 1 amide bonds. The number of carbonyl (C=O) groups excluding carboxylic acids is 2. The second kappa shape index (κ2) is 7.79. The molecule has 3 rings (SSSR count). The molecule has 2 aliphatic rings. The zero-order valence-electron chi connectivity index (χ0n) is 13.5. The number of benzene rings is 1. The summed E-state index contributed by atoms with van der Waals surface area (Å²) in [7, 11) is 0. The molecule has 132 valence electrons. The lowest BCUT2D eigenvalue weighted by Crippen LogP contribution is -2.56. The average Bonchev–Trinajstić information content (AvgIpc) is 2.56. The summed E-state index contributed by atoms with van der Waals surface area (Å²) < 4.78 is 31.2. The highest BCUT2D eigenvalue weighted by atomic mass is 19.4. The van der Waals surface area contributed by atoms with Gasteiger partial charge in [0.1, 0.15) is 0 Å². The number of amides is 1. The minimum absolute atomic E-state index is 0.237. The van der Waals surface area contributed by atoms with Crippen LogP contribution in [0.15, 0.2) is 18.2 Å². The van der Waals surface area contributed by atoms with Gasteiger partial charge in [0, 0.05) is 31.2 Å². The summed E-state index contributed by atoms with van der Waals surface area (Å²) in [4.78, 5) is 23.3. The highest BCUT2D eigenvalue weighted by molar-refractivity contribution is 5.97. The van der Waals surface area contributed by atoms with Crippen LogP contribution in [0.2, 0.25) is 0 Å². The molecule has 0 unspecified atom stereocenters. The van der Waals surface area contributed by atoms with Crippen LogP contribution >= 0.6 is 0 Å². The molecule has 0 aliphatic carbocycles. The first-order valence-corrected chi connectivity index (χ1v) is 8.03. The molecule has 0 aromatic heterocycles. The highest BCUT2D eigenvalue weighted by Gasteiger charge is 2.34. The number of hydrogen-bond acceptors (Lipinski definition) is 3. The predicted octanol–water partition coefficient (Wildman–Crippen LogP) is 2.36. The largest absolute Gasteiger partial charge is 0.446 e. The molecule has 0 spiro atoms. The first-order chi connectivity index (χ1) is 11.4. The van der Waals surface area contributed by atoms with Crippen LogP contribution in [0.5, 0.6) is 0 Å². The second-order valence-electron chi connectivity index (χ2n) is 5.91. The fourth-order valence-corrected chi connectivity index (χ4v) is 3.18. The monoisotopic (exact) mass is 342 g/mol. The molecule has 1 saturated heterocycles. The van der Waals surface area contributed by atoms with Crippen LogP contribution in [0.25, 0.3) is 0 Å². The fourth-order valence-electron chi connectivity index (χ4n) is 3.18. The van der Waals surface area contributed by atoms with E-state index in [4.69, 9.17) is 4.79 Å². The van der Waals surface area contributed by atoms with Crippen molar-refractivity contribution in [3.63, 3.8) is 0 Å². The lowest BCUT2D eigenvalue weighted by Gasteiger charge is -2.40. The Morgan fingerprint density at radius 2 is 2.08 bits per heavy atom. The molecule has 0 bridgehead atoms. The number of aldehydes is 1. The maximum Gasteiger partial charge on any atom is 0.446 e. The van der Waals surface area contributed by atoms with Crippen molar-refractivity contribution in [2.75, 3.05) is 19.6 Å². The number of nitrogens with one attached hydrogen (secondary N) is 1. The molecule has 0 radical (unpaired) electrons. The Balaban J connectivity index is 0.000000301. The highest BCUT2D eigenvalue weighted by Crippen LogP contribution is 2.27. The van der Waals surface area contributed by atoms with Crippen LogP contribution in [0.4, 0.5) is 13.2 Å². The maximum atomic E-state index is 12.5. The average molecular weight is 342 g/mol. The summed E-state index contributed by atoms with van der Waals surface area (Å²) in [6, 6.07) is 6.57. The molecule has 7 heteroatoms. The van der Waals surface area contributed by atoms with Gasteiger partial charge in [-0.15, -0.1) is 0 Å². The number of fused-ring (bicyclic) bond motifs is 2. The third-order valence-corrected chi connectivity index (χ3v) is 4.21. The first-order valence-electron chi connectivity index (χ1n) is 8.03. The van der Waals surface area contributed by atoms with E-state index in [0.29, 0.717) is 6.04 Å². The fraction of sp³-hybridized carbons (Fsp3) is 0.529. The van der Waals surface area contributed by atoms with E-state index in [2.05, 4.69) is 23.2 Å². The van der Waals surface area contributed by atoms with Gasteiger partial charge in [-0.1, -0.05) is 25.5 Å². The van der Waals surface area contributed by atoms with E-state index < -0.39 is 12.5 Å². The first kappa shape index (κ1) is 18.4. The molecule has 1 aromatic rings. The summed E-state index contributed by atoms with van der Waals surface area (Å²) in [5.74, 6) is 0.237. The predicted molar refractivity (Wildman–Crippen MR) is 84.0 cm³/mol. The second-order valence-corrected chi connectivity index (χ2v) is 5.91. The van der Waals surface area contributed by atoms with Gasteiger partial charge >= 0.3 is 6.18 Å². The van der Waals surface area contributed by atoms with Crippen molar-refractivity contribution in [2.45, 2.75) is 38.4 Å². The van der Waals surface area contributed by atoms with Gasteiger partial charge in [0.15, 0.2) is 0 Å². The molecule has 1 N–H and O–H groups in total. The maximum absolute atomic E-state index is 12.5. The number of aryl methyl sites for hydroxylation is 1.